The van der Waals surface area contributed by atoms with Gasteiger partial charge in [-0.05, 0) is 44.1 Å². The van der Waals surface area contributed by atoms with Crippen LogP contribution in [0.5, 0.6) is 0 Å². The Balaban J connectivity index is 1.79. The summed E-state index contributed by atoms with van der Waals surface area (Å²) >= 11 is 3.11. The third-order valence-electron chi connectivity index (χ3n) is 3.82. The Labute approximate surface area is 158 Å². The Morgan fingerprint density at radius 2 is 2.15 bits per heavy atom. The molecule has 0 fully saturated rings. The molecule has 27 heavy (non-hydrogen) atoms. The van der Waals surface area contributed by atoms with Crippen molar-refractivity contribution in [3.63, 3.8) is 0 Å². The number of nitrogens with zero attached hydrogens (tertiary/aromatic N) is 8. The van der Waals surface area contributed by atoms with Crippen LogP contribution >= 0.6 is 15.9 Å². The van der Waals surface area contributed by atoms with E-state index in [0.717, 1.165) is 4.79 Å². The van der Waals surface area contributed by atoms with E-state index in [9.17, 15) is 14.0 Å². The van der Waals surface area contributed by atoms with Crippen molar-refractivity contribution in [2.75, 3.05) is 4.90 Å². The van der Waals surface area contributed by atoms with Crippen LogP contribution in [0.1, 0.15) is 22.2 Å². The summed E-state index contributed by atoms with van der Waals surface area (Å²) in [4.78, 5) is 34.2. The zero-order valence-corrected chi connectivity index (χ0v) is 14.9. The van der Waals surface area contributed by atoms with Gasteiger partial charge in [0.25, 0.3) is 17.6 Å². The fourth-order valence-corrected chi connectivity index (χ4v) is 3.04. The average Bonchev–Trinajstić information content (AvgIpc) is 3.35. The summed E-state index contributed by atoms with van der Waals surface area (Å²) in [5, 5.41) is 10.7. The molecule has 0 aliphatic carbocycles. The van der Waals surface area contributed by atoms with E-state index in [0.29, 0.717) is 11.4 Å². The molecule has 3 aromatic rings. The lowest BCUT2D eigenvalue weighted by Crippen LogP contribution is -2.31. The molecule has 2 aromatic heterocycles. The Hall–Kier alpha value is -3.48. The maximum atomic E-state index is 13.6. The molecule has 0 bridgehead atoms. The molecule has 1 aliphatic heterocycles. The van der Waals surface area contributed by atoms with Crippen LogP contribution in [-0.2, 0) is 4.79 Å². The van der Waals surface area contributed by atoms with E-state index in [1.807, 2.05) is 0 Å². The number of imidazole rings is 1. The third-order valence-corrected chi connectivity index (χ3v) is 4.43. The van der Waals surface area contributed by atoms with Gasteiger partial charge in [-0.2, -0.15) is 0 Å². The minimum atomic E-state index is -0.856. The van der Waals surface area contributed by atoms with Crippen molar-refractivity contribution >= 4 is 39.9 Å². The maximum absolute atomic E-state index is 13.6. The van der Waals surface area contributed by atoms with Crippen molar-refractivity contribution in [2.24, 2.45) is 10.7 Å². The van der Waals surface area contributed by atoms with Gasteiger partial charge in [-0.25, -0.2) is 19.0 Å². The smallest absolute Gasteiger partial charge is 0.290 e. The van der Waals surface area contributed by atoms with Gasteiger partial charge in [0, 0.05) is 0 Å². The van der Waals surface area contributed by atoms with Gasteiger partial charge >= 0.3 is 0 Å². The van der Waals surface area contributed by atoms with Gasteiger partial charge in [0.2, 0.25) is 0 Å². The highest BCUT2D eigenvalue weighted by molar-refractivity contribution is 9.10. The molecule has 11 nitrogen and oxygen atoms in total. The predicted octanol–water partition coefficient (Wildman–Crippen LogP) is 0.298. The number of carbonyl (C=O) groups excluding carboxylic acids is 2. The molecule has 1 aliphatic rings. The molecule has 1 atom stereocenters. The first-order chi connectivity index (χ1) is 13.0. The van der Waals surface area contributed by atoms with Gasteiger partial charge in [-0.1, -0.05) is 6.07 Å². The second kappa shape index (κ2) is 6.35. The Morgan fingerprint density at radius 1 is 1.33 bits per heavy atom. The number of nitrogens with two attached hydrogens (primary N) is 1. The molecule has 2 N–H and O–H groups in total. The van der Waals surface area contributed by atoms with E-state index in [1.54, 1.807) is 0 Å². The number of primary amides is 1. The van der Waals surface area contributed by atoms with E-state index >= 15 is 0 Å². The monoisotopic (exact) mass is 433 g/mol. The van der Waals surface area contributed by atoms with Crippen molar-refractivity contribution in [3.8, 4) is 0 Å². The molecule has 0 spiro atoms. The SMILES string of the molecule is NC(=O)c1nnnn1-n1cncc1N1C=NC(=O)C1c1ccc(F)c(Br)c1. The number of carbonyl (C=O) groups is 2. The quantitative estimate of drug-likeness (QED) is 0.624. The molecule has 4 rings (SSSR count). The van der Waals surface area contributed by atoms with Gasteiger partial charge in [-0.3, -0.25) is 14.5 Å². The number of halogens is 2. The van der Waals surface area contributed by atoms with Crippen LogP contribution in [-0.4, -0.2) is 48.1 Å². The number of hydrogen-bond acceptors (Lipinski definition) is 7. The zero-order valence-electron chi connectivity index (χ0n) is 13.3. The number of rotatable bonds is 4. The Morgan fingerprint density at radius 3 is 2.89 bits per heavy atom. The fourth-order valence-electron chi connectivity index (χ4n) is 2.64. The third kappa shape index (κ3) is 2.77. The van der Waals surface area contributed by atoms with Crippen LogP contribution in [0.2, 0.25) is 0 Å². The number of aromatic nitrogens is 6. The zero-order chi connectivity index (χ0) is 19.1. The van der Waals surface area contributed by atoms with E-state index in [1.165, 1.54) is 46.6 Å². The van der Waals surface area contributed by atoms with E-state index in [4.69, 9.17) is 5.73 Å². The number of anilines is 1. The number of tetrazole rings is 1. The lowest BCUT2D eigenvalue weighted by molar-refractivity contribution is -0.118. The van der Waals surface area contributed by atoms with Crippen molar-refractivity contribution in [1.29, 1.82) is 0 Å². The number of amides is 2. The minimum absolute atomic E-state index is 0.213. The normalized spacial score (nSPS) is 16.3. The molecule has 136 valence electrons. The molecule has 3 heterocycles. The van der Waals surface area contributed by atoms with E-state index in [-0.39, 0.29) is 10.3 Å². The summed E-state index contributed by atoms with van der Waals surface area (Å²) in [6.07, 6.45) is 4.08. The molecule has 0 saturated carbocycles. The van der Waals surface area contributed by atoms with Crippen LogP contribution in [0.25, 0.3) is 0 Å². The van der Waals surface area contributed by atoms with Gasteiger partial charge in [-0.15, -0.1) is 9.89 Å². The van der Waals surface area contributed by atoms with Gasteiger partial charge in [0.15, 0.2) is 5.82 Å². The molecule has 13 heteroatoms. The first-order valence-electron chi connectivity index (χ1n) is 7.40. The summed E-state index contributed by atoms with van der Waals surface area (Å²) in [5.74, 6) is -1.64. The highest BCUT2D eigenvalue weighted by Crippen LogP contribution is 2.32. The van der Waals surface area contributed by atoms with Gasteiger partial charge < -0.3 is 5.73 Å². The Kier molecular flexibility index (Phi) is 3.99. The van der Waals surface area contributed by atoms with Crippen LogP contribution in [0.15, 0.2) is 40.2 Å². The molecule has 0 radical (unpaired) electrons. The van der Waals surface area contributed by atoms with Crippen molar-refractivity contribution in [1.82, 2.24) is 30.0 Å². The van der Waals surface area contributed by atoms with E-state index in [2.05, 4.69) is 41.4 Å². The van der Waals surface area contributed by atoms with Crippen molar-refractivity contribution in [2.45, 2.75) is 6.04 Å². The minimum Gasteiger partial charge on any atom is -0.363 e. The molecular weight excluding hydrogens is 425 g/mol. The largest absolute Gasteiger partial charge is 0.363 e. The molecule has 1 aromatic carbocycles. The van der Waals surface area contributed by atoms with Crippen molar-refractivity contribution in [3.05, 3.63) is 52.4 Å². The van der Waals surface area contributed by atoms with Crippen LogP contribution in [0.3, 0.4) is 0 Å². The van der Waals surface area contributed by atoms with E-state index < -0.39 is 23.7 Å². The topological polar surface area (TPSA) is 137 Å². The highest BCUT2D eigenvalue weighted by atomic mass is 79.9. The molecule has 1 unspecified atom stereocenters. The first-order valence-corrected chi connectivity index (χ1v) is 8.19. The van der Waals surface area contributed by atoms with Gasteiger partial charge in [0.1, 0.15) is 24.5 Å². The van der Waals surface area contributed by atoms with Crippen LogP contribution in [0.4, 0.5) is 10.2 Å². The molecule has 2 amide bonds. The fraction of sp³-hybridized carbons (Fsp3) is 0.0714. The Bertz CT molecular complexity index is 1090. The van der Waals surface area contributed by atoms with Crippen LogP contribution < -0.4 is 10.6 Å². The predicted molar refractivity (Wildman–Crippen MR) is 92.2 cm³/mol. The number of benzene rings is 1. The lowest BCUT2D eigenvalue weighted by Gasteiger charge is -2.23. The number of hydrogen-bond donors (Lipinski definition) is 1. The number of aliphatic imine (C=N–C) groups is 1. The highest BCUT2D eigenvalue weighted by Gasteiger charge is 2.34. The van der Waals surface area contributed by atoms with Crippen LogP contribution in [0, 0.1) is 5.82 Å². The first kappa shape index (κ1) is 17.0. The summed E-state index contributed by atoms with van der Waals surface area (Å²) in [7, 11) is 0. The summed E-state index contributed by atoms with van der Waals surface area (Å²) in [6.45, 7) is 0. The summed E-state index contributed by atoms with van der Waals surface area (Å²) in [5.41, 5.74) is 5.77. The molecular formula is C14H9BrFN9O2. The molecule has 0 saturated heterocycles. The van der Waals surface area contributed by atoms with Crippen molar-refractivity contribution < 1.29 is 14.0 Å². The average molecular weight is 434 g/mol. The maximum Gasteiger partial charge on any atom is 0.290 e. The van der Waals surface area contributed by atoms with Gasteiger partial charge in [0.05, 0.1) is 10.7 Å². The summed E-state index contributed by atoms with van der Waals surface area (Å²) < 4.78 is 15.1. The summed E-state index contributed by atoms with van der Waals surface area (Å²) in [6, 6.07) is 3.36. The second-order valence-corrected chi connectivity index (χ2v) is 6.27. The lowest BCUT2D eigenvalue weighted by atomic mass is 10.1. The standard InChI is InChI=1S/C14H9BrFN9O2/c15-8-3-7(1-2-9(8)16)11-14(27)19-6-23(11)10-4-18-5-24(10)25-13(12(17)26)20-21-22-25/h1-6,11H,(H2,17,26). The second-order valence-electron chi connectivity index (χ2n) is 5.42.